The number of fused-ring (bicyclic) bond motifs is 1. The van der Waals surface area contributed by atoms with Crippen LogP contribution in [0, 0.1) is 0 Å². The largest absolute Gasteiger partial charge is 0.450 e. The summed E-state index contributed by atoms with van der Waals surface area (Å²) in [4.78, 5) is 41.3. The summed E-state index contributed by atoms with van der Waals surface area (Å²) in [6, 6.07) is 16.6. The highest BCUT2D eigenvalue weighted by Gasteiger charge is 2.35. The predicted molar refractivity (Wildman–Crippen MR) is 134 cm³/mol. The summed E-state index contributed by atoms with van der Waals surface area (Å²) in [5.41, 5.74) is 1.71. The number of nitrogens with one attached hydrogen (secondary N) is 1. The Morgan fingerprint density at radius 1 is 1.03 bits per heavy atom. The zero-order valence-electron chi connectivity index (χ0n) is 20.4. The number of carbonyl (C=O) groups is 2. The molecule has 1 fully saturated rings. The maximum Gasteiger partial charge on any atom is 0.411 e. The smallest absolute Gasteiger partial charge is 0.411 e. The van der Waals surface area contributed by atoms with Gasteiger partial charge in [-0.1, -0.05) is 30.3 Å². The normalized spacial score (nSPS) is 14.7. The van der Waals surface area contributed by atoms with Gasteiger partial charge < -0.3 is 14.1 Å². The average molecular weight is 478 g/mol. The van der Waals surface area contributed by atoms with Crippen LogP contribution < -0.4 is 10.9 Å². The van der Waals surface area contributed by atoms with Crippen LogP contribution in [0.25, 0.3) is 11.0 Å². The molecule has 3 aromatic rings. The van der Waals surface area contributed by atoms with E-state index in [-0.39, 0.29) is 12.5 Å². The van der Waals surface area contributed by atoms with Gasteiger partial charge >= 0.3 is 11.7 Å². The molecule has 0 aliphatic carbocycles. The lowest BCUT2D eigenvalue weighted by Crippen LogP contribution is -2.52. The summed E-state index contributed by atoms with van der Waals surface area (Å²) in [6.07, 6.45) is -0.562. The van der Waals surface area contributed by atoms with Crippen molar-refractivity contribution in [2.75, 3.05) is 38.1 Å². The number of benzene rings is 2. The van der Waals surface area contributed by atoms with Crippen LogP contribution in [-0.4, -0.2) is 54.6 Å². The van der Waals surface area contributed by atoms with Gasteiger partial charge in [-0.2, -0.15) is 0 Å². The van der Waals surface area contributed by atoms with Gasteiger partial charge in [-0.25, -0.2) is 9.59 Å². The Labute approximate surface area is 204 Å². The standard InChI is InChI=1S/C27H31N3O5/c1-4-34-26(33)28-21-10-11-22-19(16-24(31)35-23(22)17-21)18-29-12-14-30(15-13-29)25(32)27(2,3)20-8-6-5-7-9-20/h5-11,16-17H,4,12-15,18H2,1-3H3,(H,28,33). The second-order valence-corrected chi connectivity index (χ2v) is 9.21. The van der Waals surface area contributed by atoms with Crippen LogP contribution in [0.1, 0.15) is 31.9 Å². The van der Waals surface area contributed by atoms with Crippen molar-refractivity contribution in [2.45, 2.75) is 32.7 Å². The Morgan fingerprint density at radius 2 is 1.74 bits per heavy atom. The third kappa shape index (κ3) is 5.54. The first-order valence-electron chi connectivity index (χ1n) is 11.9. The van der Waals surface area contributed by atoms with Crippen LogP contribution in [0.2, 0.25) is 0 Å². The number of hydrogen-bond donors (Lipinski definition) is 1. The minimum Gasteiger partial charge on any atom is -0.450 e. The number of rotatable bonds is 6. The van der Waals surface area contributed by atoms with Gasteiger partial charge in [0, 0.05) is 55.9 Å². The fourth-order valence-electron chi connectivity index (χ4n) is 4.45. The Hall–Kier alpha value is -3.65. The van der Waals surface area contributed by atoms with E-state index in [0.29, 0.717) is 44.0 Å². The van der Waals surface area contributed by atoms with E-state index in [1.54, 1.807) is 19.1 Å². The molecule has 0 bridgehead atoms. The molecule has 2 heterocycles. The number of ether oxygens (including phenoxy) is 1. The number of carbonyl (C=O) groups excluding carboxylic acids is 2. The number of anilines is 1. The Bertz CT molecular complexity index is 1260. The van der Waals surface area contributed by atoms with Crippen molar-refractivity contribution in [1.82, 2.24) is 9.80 Å². The monoisotopic (exact) mass is 477 g/mol. The van der Waals surface area contributed by atoms with Gasteiger partial charge in [0.25, 0.3) is 0 Å². The van der Waals surface area contributed by atoms with Crippen LogP contribution in [-0.2, 0) is 21.5 Å². The molecule has 2 aromatic carbocycles. The molecule has 0 atom stereocenters. The Kier molecular flexibility index (Phi) is 7.21. The van der Waals surface area contributed by atoms with E-state index in [2.05, 4.69) is 10.2 Å². The third-order valence-corrected chi connectivity index (χ3v) is 6.44. The topological polar surface area (TPSA) is 92.1 Å². The van der Waals surface area contributed by atoms with Crippen molar-refractivity contribution in [1.29, 1.82) is 0 Å². The number of nitrogens with zero attached hydrogens (tertiary/aromatic N) is 2. The number of piperazine rings is 1. The average Bonchev–Trinajstić information content (AvgIpc) is 2.84. The highest BCUT2D eigenvalue weighted by Crippen LogP contribution is 2.27. The summed E-state index contributed by atoms with van der Waals surface area (Å²) in [6.45, 7) is 9.17. The van der Waals surface area contributed by atoms with Crippen LogP contribution in [0.15, 0.2) is 63.8 Å². The summed E-state index contributed by atoms with van der Waals surface area (Å²) in [5.74, 6) is 0.121. The maximum atomic E-state index is 13.3. The molecule has 8 heteroatoms. The van der Waals surface area contributed by atoms with Crippen molar-refractivity contribution in [3.63, 3.8) is 0 Å². The summed E-state index contributed by atoms with van der Waals surface area (Å²) >= 11 is 0. The van der Waals surface area contributed by atoms with E-state index >= 15 is 0 Å². The fraction of sp³-hybridized carbons (Fsp3) is 0.370. The molecule has 1 N–H and O–H groups in total. The van der Waals surface area contributed by atoms with Gasteiger partial charge in [0.2, 0.25) is 5.91 Å². The second-order valence-electron chi connectivity index (χ2n) is 9.21. The summed E-state index contributed by atoms with van der Waals surface area (Å²) < 4.78 is 10.3. The summed E-state index contributed by atoms with van der Waals surface area (Å²) in [7, 11) is 0. The van der Waals surface area contributed by atoms with Gasteiger partial charge in [0.1, 0.15) is 5.58 Å². The van der Waals surface area contributed by atoms with Gasteiger partial charge in [-0.3, -0.25) is 15.0 Å². The fourth-order valence-corrected chi connectivity index (χ4v) is 4.45. The van der Waals surface area contributed by atoms with Crippen molar-refractivity contribution < 1.29 is 18.7 Å². The van der Waals surface area contributed by atoms with Crippen LogP contribution >= 0.6 is 0 Å². The quantitative estimate of drug-likeness (QED) is 0.540. The molecule has 4 rings (SSSR count). The van der Waals surface area contributed by atoms with E-state index in [9.17, 15) is 14.4 Å². The van der Waals surface area contributed by atoms with Gasteiger partial charge in [0.05, 0.1) is 12.0 Å². The molecule has 0 unspecified atom stereocenters. The molecule has 1 saturated heterocycles. The molecule has 8 nitrogen and oxygen atoms in total. The molecule has 0 spiro atoms. The van der Waals surface area contributed by atoms with Crippen LogP contribution in [0.3, 0.4) is 0 Å². The minimum atomic E-state index is -0.590. The van der Waals surface area contributed by atoms with Crippen molar-refractivity contribution in [2.24, 2.45) is 0 Å². The molecule has 0 saturated carbocycles. The van der Waals surface area contributed by atoms with Crippen LogP contribution in [0.5, 0.6) is 0 Å². The predicted octanol–water partition coefficient (Wildman–Crippen LogP) is 3.98. The highest BCUT2D eigenvalue weighted by molar-refractivity contribution is 5.90. The van der Waals surface area contributed by atoms with Crippen molar-refractivity contribution >= 4 is 28.7 Å². The van der Waals surface area contributed by atoms with E-state index < -0.39 is 17.1 Å². The lowest BCUT2D eigenvalue weighted by Gasteiger charge is -2.39. The summed E-state index contributed by atoms with van der Waals surface area (Å²) in [5, 5.41) is 3.43. The lowest BCUT2D eigenvalue weighted by atomic mass is 9.83. The van der Waals surface area contributed by atoms with Crippen molar-refractivity contribution in [3.05, 3.63) is 76.1 Å². The first-order valence-corrected chi connectivity index (χ1v) is 11.9. The van der Waals surface area contributed by atoms with Crippen molar-refractivity contribution in [3.8, 4) is 0 Å². The third-order valence-electron chi connectivity index (χ3n) is 6.44. The maximum absolute atomic E-state index is 13.3. The molecule has 184 valence electrons. The first kappa shape index (κ1) is 24.5. The van der Waals surface area contributed by atoms with Gasteiger partial charge in [-0.05, 0) is 44.0 Å². The SMILES string of the molecule is CCOC(=O)Nc1ccc2c(CN3CCN(C(=O)C(C)(C)c4ccccc4)CC3)cc(=O)oc2c1. The zero-order chi connectivity index (χ0) is 25.0. The Balaban J connectivity index is 1.43. The molecule has 1 aliphatic rings. The first-order chi connectivity index (χ1) is 16.8. The zero-order valence-corrected chi connectivity index (χ0v) is 20.4. The minimum absolute atomic E-state index is 0.121. The van der Waals surface area contributed by atoms with Gasteiger partial charge in [-0.15, -0.1) is 0 Å². The van der Waals surface area contributed by atoms with E-state index in [1.807, 2.05) is 55.1 Å². The lowest BCUT2D eigenvalue weighted by molar-refractivity contribution is -0.138. The number of amides is 2. The van der Waals surface area contributed by atoms with E-state index in [1.165, 1.54) is 6.07 Å². The van der Waals surface area contributed by atoms with E-state index in [0.717, 1.165) is 16.5 Å². The van der Waals surface area contributed by atoms with Gasteiger partial charge in [0.15, 0.2) is 0 Å². The molecule has 1 aliphatic heterocycles. The molecular formula is C27H31N3O5. The molecule has 2 amide bonds. The van der Waals surface area contributed by atoms with Crippen LogP contribution in [0.4, 0.5) is 10.5 Å². The molecule has 1 aromatic heterocycles. The Morgan fingerprint density at radius 3 is 2.43 bits per heavy atom. The van der Waals surface area contributed by atoms with E-state index in [4.69, 9.17) is 9.15 Å². The molecular weight excluding hydrogens is 446 g/mol. The second kappa shape index (κ2) is 10.3. The highest BCUT2D eigenvalue weighted by atomic mass is 16.5. The number of hydrogen-bond acceptors (Lipinski definition) is 6. The molecule has 0 radical (unpaired) electrons. The molecule has 35 heavy (non-hydrogen) atoms.